The quantitative estimate of drug-likeness (QED) is 0.792. The summed E-state index contributed by atoms with van der Waals surface area (Å²) in [6.07, 6.45) is 0. The Morgan fingerprint density at radius 3 is 2.67 bits per heavy atom. The second-order valence-corrected chi connectivity index (χ2v) is 5.55. The Morgan fingerprint density at radius 2 is 2.13 bits per heavy atom. The highest BCUT2D eigenvalue weighted by Gasteiger charge is 2.35. The predicted molar refractivity (Wildman–Crippen MR) is 65.7 cm³/mol. The van der Waals surface area contributed by atoms with E-state index in [0.717, 1.165) is 5.69 Å². The van der Waals surface area contributed by atoms with Gasteiger partial charge in [0.2, 0.25) is 0 Å². The van der Waals surface area contributed by atoms with Crippen LogP contribution >= 0.6 is 11.8 Å². The van der Waals surface area contributed by atoms with E-state index in [2.05, 4.69) is 36.8 Å². The van der Waals surface area contributed by atoms with Crippen molar-refractivity contribution in [1.82, 2.24) is 9.88 Å². The van der Waals surface area contributed by atoms with Crippen LogP contribution in [-0.2, 0) is 0 Å². The van der Waals surface area contributed by atoms with Crippen molar-refractivity contribution in [2.75, 3.05) is 12.8 Å². The van der Waals surface area contributed by atoms with Gasteiger partial charge in [0.1, 0.15) is 5.82 Å². The first-order valence-electron chi connectivity index (χ1n) is 5.19. The van der Waals surface area contributed by atoms with Gasteiger partial charge in [-0.25, -0.2) is 4.98 Å². The smallest absolute Gasteiger partial charge is 0.123 e. The summed E-state index contributed by atoms with van der Waals surface area (Å²) in [5.41, 5.74) is 6.77. The molecule has 1 aliphatic heterocycles. The van der Waals surface area contributed by atoms with E-state index >= 15 is 0 Å². The molecule has 0 aromatic carbocycles. The number of aromatic nitrogens is 1. The van der Waals surface area contributed by atoms with Gasteiger partial charge in [-0.2, -0.15) is 0 Å². The summed E-state index contributed by atoms with van der Waals surface area (Å²) in [6, 6.07) is 6.44. The predicted octanol–water partition coefficient (Wildman–Crippen LogP) is 2.12. The first kappa shape index (κ1) is 10.8. The molecule has 4 heteroatoms. The molecule has 2 rings (SSSR count). The van der Waals surface area contributed by atoms with E-state index in [0.29, 0.717) is 22.5 Å². The first-order valence-corrected chi connectivity index (χ1v) is 6.13. The van der Waals surface area contributed by atoms with Crippen molar-refractivity contribution in [3.05, 3.63) is 23.9 Å². The Labute approximate surface area is 95.1 Å². The third-order valence-corrected chi connectivity index (χ3v) is 4.74. The molecule has 1 saturated heterocycles. The van der Waals surface area contributed by atoms with Crippen molar-refractivity contribution in [2.45, 2.75) is 30.5 Å². The van der Waals surface area contributed by atoms with Gasteiger partial charge in [-0.15, -0.1) is 11.8 Å². The molecule has 0 bridgehead atoms. The van der Waals surface area contributed by atoms with E-state index in [9.17, 15) is 0 Å². The lowest BCUT2D eigenvalue weighted by Gasteiger charge is -2.22. The Bertz CT molecular complexity index is 355. The fraction of sp³-hybridized carbons (Fsp3) is 0.545. The minimum absolute atomic E-state index is 0.346. The topological polar surface area (TPSA) is 42.1 Å². The molecule has 0 saturated carbocycles. The Balaban J connectivity index is 2.25. The maximum absolute atomic E-state index is 5.70. The van der Waals surface area contributed by atoms with E-state index in [1.54, 1.807) is 0 Å². The molecule has 1 fully saturated rings. The van der Waals surface area contributed by atoms with Crippen molar-refractivity contribution in [1.29, 1.82) is 0 Å². The van der Waals surface area contributed by atoms with Crippen molar-refractivity contribution in [2.24, 2.45) is 0 Å². The highest BCUT2D eigenvalue weighted by Crippen LogP contribution is 2.43. The number of nitrogens with two attached hydrogens (primary N) is 1. The average Bonchev–Trinajstić information content (AvgIpc) is 2.46. The number of hydrogen-bond donors (Lipinski definition) is 1. The van der Waals surface area contributed by atoms with Gasteiger partial charge in [-0.1, -0.05) is 13.0 Å². The zero-order chi connectivity index (χ0) is 11.0. The first-order chi connectivity index (χ1) is 7.09. The minimum Gasteiger partial charge on any atom is -0.384 e. The summed E-state index contributed by atoms with van der Waals surface area (Å²) in [6.45, 7) is 4.52. The van der Waals surface area contributed by atoms with Crippen LogP contribution in [-0.4, -0.2) is 28.2 Å². The maximum Gasteiger partial charge on any atom is 0.123 e. The molecule has 1 aromatic heterocycles. The van der Waals surface area contributed by atoms with Crippen LogP contribution in [0.5, 0.6) is 0 Å². The zero-order valence-electron chi connectivity index (χ0n) is 9.34. The highest BCUT2D eigenvalue weighted by atomic mass is 32.2. The fourth-order valence-electron chi connectivity index (χ4n) is 1.84. The fourth-order valence-corrected chi connectivity index (χ4v) is 3.32. The van der Waals surface area contributed by atoms with Crippen LogP contribution in [0.1, 0.15) is 24.9 Å². The maximum atomic E-state index is 5.70. The van der Waals surface area contributed by atoms with Gasteiger partial charge in [0.05, 0.1) is 11.1 Å². The second-order valence-electron chi connectivity index (χ2n) is 4.09. The lowest BCUT2D eigenvalue weighted by atomic mass is 10.2. The molecule has 15 heavy (non-hydrogen) atoms. The summed E-state index contributed by atoms with van der Waals surface area (Å²) in [5.74, 6) is 0.605. The minimum atomic E-state index is 0.346. The Kier molecular flexibility index (Phi) is 2.89. The average molecular weight is 223 g/mol. The summed E-state index contributed by atoms with van der Waals surface area (Å²) in [4.78, 5) is 6.75. The van der Waals surface area contributed by atoms with Crippen LogP contribution in [0, 0.1) is 0 Å². The monoisotopic (exact) mass is 223 g/mol. The van der Waals surface area contributed by atoms with E-state index in [1.807, 2.05) is 23.9 Å². The molecule has 1 aromatic rings. The molecule has 0 radical (unpaired) electrons. The van der Waals surface area contributed by atoms with Crippen LogP contribution in [0.25, 0.3) is 0 Å². The van der Waals surface area contributed by atoms with Crippen LogP contribution < -0.4 is 5.73 Å². The second kappa shape index (κ2) is 4.02. The van der Waals surface area contributed by atoms with Crippen LogP contribution in [0.4, 0.5) is 5.82 Å². The molecule has 2 heterocycles. The molecular formula is C11H17N3S. The third kappa shape index (κ3) is 1.96. The largest absolute Gasteiger partial charge is 0.384 e. The van der Waals surface area contributed by atoms with Crippen LogP contribution in [0.2, 0.25) is 0 Å². The third-order valence-electron chi connectivity index (χ3n) is 3.08. The number of nitrogens with zero attached hydrogens (tertiary/aromatic N) is 2. The lowest BCUT2D eigenvalue weighted by Crippen LogP contribution is -2.29. The van der Waals surface area contributed by atoms with E-state index in [1.165, 1.54) is 0 Å². The molecule has 3 unspecified atom stereocenters. The van der Waals surface area contributed by atoms with Gasteiger partial charge in [0.25, 0.3) is 0 Å². The van der Waals surface area contributed by atoms with Crippen molar-refractivity contribution < 1.29 is 0 Å². The number of pyridine rings is 1. The number of rotatable bonds is 1. The Morgan fingerprint density at radius 1 is 1.40 bits per heavy atom. The molecule has 1 aliphatic rings. The van der Waals surface area contributed by atoms with Gasteiger partial charge in [-0.3, -0.25) is 4.90 Å². The number of nitrogen functional groups attached to an aromatic ring is 1. The van der Waals surface area contributed by atoms with Gasteiger partial charge >= 0.3 is 0 Å². The standard InChI is InChI=1S/C11H17N3S/c1-7-8(2)15-11(14(7)3)9-5-4-6-10(12)13-9/h4-8,11H,1-3H3,(H2,12,13). The summed E-state index contributed by atoms with van der Waals surface area (Å²) in [7, 11) is 2.15. The van der Waals surface area contributed by atoms with Gasteiger partial charge in [0.15, 0.2) is 0 Å². The molecule has 3 nitrogen and oxygen atoms in total. The van der Waals surface area contributed by atoms with Gasteiger partial charge in [-0.05, 0) is 26.1 Å². The summed E-state index contributed by atoms with van der Waals surface area (Å²) in [5, 5.41) is 0.988. The summed E-state index contributed by atoms with van der Waals surface area (Å²) >= 11 is 1.95. The Hall–Kier alpha value is -0.740. The molecule has 3 atom stereocenters. The number of thioether (sulfide) groups is 1. The highest BCUT2D eigenvalue weighted by molar-refractivity contribution is 8.00. The van der Waals surface area contributed by atoms with Crippen molar-refractivity contribution >= 4 is 17.6 Å². The molecule has 0 aliphatic carbocycles. The van der Waals surface area contributed by atoms with E-state index in [4.69, 9.17) is 5.73 Å². The number of anilines is 1. The molecular weight excluding hydrogens is 206 g/mol. The molecule has 2 N–H and O–H groups in total. The van der Waals surface area contributed by atoms with Crippen molar-refractivity contribution in [3.8, 4) is 0 Å². The van der Waals surface area contributed by atoms with E-state index in [-0.39, 0.29) is 0 Å². The van der Waals surface area contributed by atoms with Crippen LogP contribution in [0.3, 0.4) is 0 Å². The molecule has 0 spiro atoms. The van der Waals surface area contributed by atoms with Crippen LogP contribution in [0.15, 0.2) is 18.2 Å². The van der Waals surface area contributed by atoms with Gasteiger partial charge < -0.3 is 5.73 Å². The SMILES string of the molecule is CC1SC(c2cccc(N)n2)N(C)C1C. The summed E-state index contributed by atoms with van der Waals surface area (Å²) < 4.78 is 0. The van der Waals surface area contributed by atoms with E-state index < -0.39 is 0 Å². The number of hydrogen-bond acceptors (Lipinski definition) is 4. The van der Waals surface area contributed by atoms with Gasteiger partial charge in [0, 0.05) is 11.3 Å². The molecule has 82 valence electrons. The lowest BCUT2D eigenvalue weighted by molar-refractivity contribution is 0.263. The van der Waals surface area contributed by atoms with Crippen molar-refractivity contribution in [3.63, 3.8) is 0 Å². The normalized spacial score (nSPS) is 32.1. The zero-order valence-corrected chi connectivity index (χ0v) is 10.2. The molecule has 0 amide bonds.